The average Bonchev–Trinajstić information content (AvgIpc) is 2.37. The first-order chi connectivity index (χ1) is 8.25. The van der Waals surface area contributed by atoms with Crippen molar-refractivity contribution in [1.82, 2.24) is 9.29 Å². The molecule has 0 saturated heterocycles. The molecule has 0 aliphatic heterocycles. The van der Waals surface area contributed by atoms with Crippen LogP contribution in [0.5, 0.6) is 0 Å². The third kappa shape index (κ3) is 2.86. The third-order valence-corrected chi connectivity index (χ3v) is 4.96. The second kappa shape index (κ2) is 5.31. The van der Waals surface area contributed by atoms with Gasteiger partial charge in [-0.2, -0.15) is 4.31 Å². The maximum Gasteiger partial charge on any atom is 0.244 e. The van der Waals surface area contributed by atoms with Gasteiger partial charge in [0.05, 0.1) is 17.8 Å². The molecule has 0 atom stereocenters. The molecule has 0 radical (unpaired) electrons. The van der Waals surface area contributed by atoms with Crippen LogP contribution in [0.4, 0.5) is 0 Å². The molecule has 0 spiro atoms. The summed E-state index contributed by atoms with van der Waals surface area (Å²) < 4.78 is 25.7. The molecular weight excluding hydrogens is 254 g/mol. The molecule has 3 N–H and O–H groups in total. The van der Waals surface area contributed by atoms with E-state index in [2.05, 4.69) is 4.98 Å². The van der Waals surface area contributed by atoms with Gasteiger partial charge < -0.3 is 10.8 Å². The largest absolute Gasteiger partial charge is 0.394 e. The van der Waals surface area contributed by atoms with E-state index in [0.29, 0.717) is 5.69 Å². The van der Waals surface area contributed by atoms with E-state index in [0.717, 1.165) is 4.31 Å². The second-order valence-electron chi connectivity index (χ2n) is 4.63. The highest BCUT2D eigenvalue weighted by Crippen LogP contribution is 2.21. The summed E-state index contributed by atoms with van der Waals surface area (Å²) in [5.41, 5.74) is 5.16. The molecular formula is C11H19N3O3S. The van der Waals surface area contributed by atoms with E-state index in [1.807, 2.05) is 0 Å². The fraction of sp³-hybridized carbons (Fsp3) is 0.545. The topological polar surface area (TPSA) is 96.5 Å². The van der Waals surface area contributed by atoms with Crippen molar-refractivity contribution in [3.63, 3.8) is 0 Å². The summed E-state index contributed by atoms with van der Waals surface area (Å²) in [7, 11) is -2.23. The molecule has 1 rings (SSSR count). The first-order valence-electron chi connectivity index (χ1n) is 5.50. The highest BCUT2D eigenvalue weighted by Gasteiger charge is 2.33. The van der Waals surface area contributed by atoms with Gasteiger partial charge in [-0.25, -0.2) is 8.42 Å². The van der Waals surface area contributed by atoms with Crippen LogP contribution in [0.1, 0.15) is 19.5 Å². The van der Waals surface area contributed by atoms with Gasteiger partial charge in [0.15, 0.2) is 0 Å². The standard InChI is InChI=1S/C11H19N3O3S/c1-11(2,8-15)14(3)18(16,17)10-5-4-9(6-12)13-7-10/h4-5,7,15H,6,8,12H2,1-3H3. The van der Waals surface area contributed by atoms with Gasteiger partial charge in [-0.3, -0.25) is 4.98 Å². The van der Waals surface area contributed by atoms with Crippen molar-refractivity contribution >= 4 is 10.0 Å². The van der Waals surface area contributed by atoms with Crippen LogP contribution in [-0.4, -0.2) is 42.0 Å². The lowest BCUT2D eigenvalue weighted by molar-refractivity contribution is 0.138. The SMILES string of the molecule is CN(C(C)(C)CO)S(=O)(=O)c1ccc(CN)nc1. The molecule has 0 bridgehead atoms. The number of aliphatic hydroxyl groups is 1. The number of hydrogen-bond donors (Lipinski definition) is 2. The molecule has 18 heavy (non-hydrogen) atoms. The first kappa shape index (κ1) is 15.0. The van der Waals surface area contributed by atoms with Crippen molar-refractivity contribution in [2.75, 3.05) is 13.7 Å². The third-order valence-electron chi connectivity index (χ3n) is 2.90. The molecule has 1 heterocycles. The summed E-state index contributed by atoms with van der Waals surface area (Å²) in [6, 6.07) is 3.04. The van der Waals surface area contributed by atoms with Crippen molar-refractivity contribution in [2.24, 2.45) is 5.73 Å². The number of sulfonamides is 1. The normalized spacial score (nSPS) is 13.0. The van der Waals surface area contributed by atoms with Crippen LogP contribution in [0.25, 0.3) is 0 Å². The Morgan fingerprint density at radius 3 is 2.44 bits per heavy atom. The fourth-order valence-electron chi connectivity index (χ4n) is 1.27. The zero-order valence-electron chi connectivity index (χ0n) is 10.8. The van der Waals surface area contributed by atoms with Gasteiger partial charge in [0.2, 0.25) is 10.0 Å². The van der Waals surface area contributed by atoms with E-state index >= 15 is 0 Å². The van der Waals surface area contributed by atoms with Crippen LogP contribution in [0.3, 0.4) is 0 Å². The van der Waals surface area contributed by atoms with Crippen LogP contribution in [-0.2, 0) is 16.6 Å². The van der Waals surface area contributed by atoms with Gasteiger partial charge in [-0.1, -0.05) is 0 Å². The predicted molar refractivity (Wildman–Crippen MR) is 68.2 cm³/mol. The van der Waals surface area contributed by atoms with E-state index in [1.165, 1.54) is 19.3 Å². The number of pyridine rings is 1. The Morgan fingerprint density at radius 1 is 1.44 bits per heavy atom. The number of aliphatic hydroxyl groups excluding tert-OH is 1. The van der Waals surface area contributed by atoms with Crippen LogP contribution >= 0.6 is 0 Å². The second-order valence-corrected chi connectivity index (χ2v) is 6.60. The quantitative estimate of drug-likeness (QED) is 0.783. The molecule has 1 aromatic heterocycles. The van der Waals surface area contributed by atoms with E-state index < -0.39 is 15.6 Å². The fourth-order valence-corrected chi connectivity index (χ4v) is 2.72. The molecule has 0 amide bonds. The first-order valence-corrected chi connectivity index (χ1v) is 6.94. The van der Waals surface area contributed by atoms with Gasteiger partial charge in [-0.05, 0) is 26.0 Å². The minimum atomic E-state index is -3.66. The predicted octanol–water partition coefficient (Wildman–Crippen LogP) is -0.0683. The van der Waals surface area contributed by atoms with E-state index in [9.17, 15) is 13.5 Å². The lowest BCUT2D eigenvalue weighted by Gasteiger charge is -2.32. The molecule has 6 nitrogen and oxygen atoms in total. The Balaban J connectivity index is 3.13. The van der Waals surface area contributed by atoms with Crippen LogP contribution in [0, 0.1) is 0 Å². The maximum absolute atomic E-state index is 12.3. The van der Waals surface area contributed by atoms with Gasteiger partial charge in [-0.15, -0.1) is 0 Å². The van der Waals surface area contributed by atoms with Crippen molar-refractivity contribution in [3.05, 3.63) is 24.0 Å². The zero-order valence-corrected chi connectivity index (χ0v) is 11.6. The minimum Gasteiger partial charge on any atom is -0.394 e. The number of nitrogens with two attached hydrogens (primary N) is 1. The Hall–Kier alpha value is -1.02. The van der Waals surface area contributed by atoms with Crippen LogP contribution in [0.2, 0.25) is 0 Å². The number of aromatic nitrogens is 1. The smallest absolute Gasteiger partial charge is 0.244 e. The van der Waals surface area contributed by atoms with E-state index in [1.54, 1.807) is 19.9 Å². The van der Waals surface area contributed by atoms with E-state index in [-0.39, 0.29) is 18.0 Å². The summed E-state index contributed by atoms with van der Waals surface area (Å²) >= 11 is 0. The number of nitrogens with zero attached hydrogens (tertiary/aromatic N) is 2. The Labute approximate surface area is 107 Å². The molecule has 0 fully saturated rings. The molecule has 0 unspecified atom stereocenters. The summed E-state index contributed by atoms with van der Waals surface area (Å²) in [4.78, 5) is 4.05. The number of likely N-dealkylation sites (N-methyl/N-ethyl adjacent to an activating group) is 1. The Kier molecular flexibility index (Phi) is 4.44. The van der Waals surface area contributed by atoms with Gasteiger partial charge >= 0.3 is 0 Å². The molecule has 0 saturated carbocycles. The van der Waals surface area contributed by atoms with Crippen molar-refractivity contribution < 1.29 is 13.5 Å². The van der Waals surface area contributed by atoms with Crippen molar-refractivity contribution in [2.45, 2.75) is 30.8 Å². The summed E-state index contributed by atoms with van der Waals surface area (Å²) in [5.74, 6) is 0. The highest BCUT2D eigenvalue weighted by atomic mass is 32.2. The molecule has 7 heteroatoms. The van der Waals surface area contributed by atoms with Crippen LogP contribution < -0.4 is 5.73 Å². The highest BCUT2D eigenvalue weighted by molar-refractivity contribution is 7.89. The summed E-state index contributed by atoms with van der Waals surface area (Å²) in [6.07, 6.45) is 1.28. The van der Waals surface area contributed by atoms with Gasteiger partial charge in [0.25, 0.3) is 0 Å². The Bertz CT molecular complexity index is 497. The number of rotatable bonds is 5. The van der Waals surface area contributed by atoms with E-state index in [4.69, 9.17) is 5.73 Å². The zero-order chi connectivity index (χ0) is 14.0. The van der Waals surface area contributed by atoms with Crippen LogP contribution in [0.15, 0.2) is 23.2 Å². The van der Waals surface area contributed by atoms with Crippen molar-refractivity contribution in [3.8, 4) is 0 Å². The maximum atomic E-state index is 12.3. The summed E-state index contributed by atoms with van der Waals surface area (Å²) in [6.45, 7) is 3.29. The molecule has 0 aromatic carbocycles. The molecule has 102 valence electrons. The monoisotopic (exact) mass is 273 g/mol. The summed E-state index contributed by atoms with van der Waals surface area (Å²) in [5, 5.41) is 9.22. The van der Waals surface area contributed by atoms with Gasteiger partial charge in [0.1, 0.15) is 4.90 Å². The Morgan fingerprint density at radius 2 is 2.06 bits per heavy atom. The lowest BCUT2D eigenvalue weighted by atomic mass is 10.1. The van der Waals surface area contributed by atoms with Crippen molar-refractivity contribution in [1.29, 1.82) is 0 Å². The average molecular weight is 273 g/mol. The lowest BCUT2D eigenvalue weighted by Crippen LogP contribution is -2.47. The molecule has 0 aliphatic rings. The van der Waals surface area contributed by atoms with Gasteiger partial charge in [0, 0.05) is 19.8 Å². The molecule has 1 aromatic rings. The molecule has 0 aliphatic carbocycles. The number of hydrogen-bond acceptors (Lipinski definition) is 5. The minimum absolute atomic E-state index is 0.0868.